The average Bonchev–Trinajstić information content (AvgIpc) is 4.24. The molecule has 0 saturated heterocycles. The van der Waals surface area contributed by atoms with Crippen LogP contribution in [0.1, 0.15) is 45.8 Å². The van der Waals surface area contributed by atoms with Gasteiger partial charge in [-0.15, -0.1) is 0 Å². The lowest BCUT2D eigenvalue weighted by Gasteiger charge is -2.11. The number of H-pyrrole nitrogens is 2. The first-order valence-electron chi connectivity index (χ1n) is 22.3. The van der Waals surface area contributed by atoms with Crippen molar-refractivity contribution in [2.45, 2.75) is 13.8 Å². The van der Waals surface area contributed by atoms with Crippen molar-refractivity contribution >= 4 is 58.0 Å². The Morgan fingerprint density at radius 2 is 1.06 bits per heavy atom. The van der Waals surface area contributed by atoms with Crippen molar-refractivity contribution in [2.24, 2.45) is 0 Å². The minimum Gasteiger partial charge on any atom is -0.461 e. The molecule has 2 N–H and O–H groups in total. The third kappa shape index (κ3) is 7.47. The summed E-state index contributed by atoms with van der Waals surface area (Å²) in [4.78, 5) is 44.1. The number of carbonyl (C=O) groups excluding carboxylic acids is 1. The molecule has 6 heterocycles. The van der Waals surface area contributed by atoms with Crippen LogP contribution in [0, 0.1) is 17.0 Å². The summed E-state index contributed by atoms with van der Waals surface area (Å²) in [6, 6.07) is 53.2. The number of benzene rings is 5. The molecular formula is C57H41N7O4. The van der Waals surface area contributed by atoms with E-state index < -0.39 is 10.9 Å². The fraction of sp³-hybridized carbons (Fsp3) is 0.0526. The number of non-ortho nitro benzene ring substituents is 1. The highest BCUT2D eigenvalue weighted by molar-refractivity contribution is 6.04. The standard InChI is InChI=1S/C57H41N7O4/c1-3-68-57(65)49-34-51(63(62-49)50-32-40(64(66)67)25-24-35(50)2)41-33-48-54(38-20-12-6-13-21-38)46-29-28-44(59-46)52(36-16-8-4-9-17-36)42-26-27-43(58-42)53(37-18-10-5-11-19-37)45-30-31-47(60-45)55(56(41)61-48)39-22-14-7-15-23-39/h4-34,58,61H,3H2,1-2H3. The fourth-order valence-corrected chi connectivity index (χ4v) is 9.12. The van der Waals surface area contributed by atoms with Gasteiger partial charge in [0.2, 0.25) is 0 Å². The van der Waals surface area contributed by atoms with Crippen LogP contribution >= 0.6 is 0 Å². The maximum absolute atomic E-state index is 13.6. The van der Waals surface area contributed by atoms with E-state index in [1.807, 2.05) is 116 Å². The zero-order valence-corrected chi connectivity index (χ0v) is 37.0. The average molecular weight is 888 g/mol. The van der Waals surface area contributed by atoms with Gasteiger partial charge in [-0.1, -0.05) is 127 Å². The van der Waals surface area contributed by atoms with E-state index in [0.717, 1.165) is 78.1 Å². The van der Waals surface area contributed by atoms with Crippen LogP contribution in [0.25, 0.3) is 108 Å². The lowest BCUT2D eigenvalue weighted by Crippen LogP contribution is -2.07. The first-order valence-corrected chi connectivity index (χ1v) is 22.3. The molecule has 11 rings (SSSR count). The highest BCUT2D eigenvalue weighted by atomic mass is 16.6. The minimum absolute atomic E-state index is 0.0423. The number of hydrogen-bond acceptors (Lipinski definition) is 7. The number of nitro benzene ring substituents is 1. The van der Waals surface area contributed by atoms with E-state index in [0.29, 0.717) is 33.7 Å². The Morgan fingerprint density at radius 1 is 0.588 bits per heavy atom. The van der Waals surface area contributed by atoms with Gasteiger partial charge >= 0.3 is 5.97 Å². The highest BCUT2D eigenvalue weighted by Crippen LogP contribution is 2.42. The van der Waals surface area contributed by atoms with Crippen LogP contribution in [0.4, 0.5) is 5.69 Å². The van der Waals surface area contributed by atoms with E-state index in [1.165, 1.54) is 12.1 Å². The SMILES string of the molecule is CCOC(=O)c1cc(-c2cc3[nH]c2c(-c2ccccc2)c2nc(c(-c4ccccc4)c4ccc([nH]4)c(-c4ccccc4)c4nc(c3-c3ccccc3)C=C4)C=C2)n(-c2cc([N+](=O)[O-])ccc2C)n1. The molecule has 0 saturated carbocycles. The predicted molar refractivity (Wildman–Crippen MR) is 271 cm³/mol. The fourth-order valence-electron chi connectivity index (χ4n) is 9.12. The summed E-state index contributed by atoms with van der Waals surface area (Å²) in [6.07, 6.45) is 8.19. The van der Waals surface area contributed by atoms with Crippen LogP contribution in [0.15, 0.2) is 164 Å². The number of aromatic nitrogens is 6. The van der Waals surface area contributed by atoms with Crippen molar-refractivity contribution in [2.75, 3.05) is 6.61 Å². The van der Waals surface area contributed by atoms with Gasteiger partial charge in [-0.25, -0.2) is 19.4 Å². The number of aromatic amines is 2. The topological polar surface area (TPSA) is 145 Å². The number of aryl methyl sites for hydroxylation is 1. The second-order valence-corrected chi connectivity index (χ2v) is 16.4. The van der Waals surface area contributed by atoms with Gasteiger partial charge < -0.3 is 14.7 Å². The molecule has 11 heteroatoms. The smallest absolute Gasteiger partial charge is 0.358 e. The number of ether oxygens (including phenoxy) is 1. The summed E-state index contributed by atoms with van der Waals surface area (Å²) < 4.78 is 7.11. The van der Waals surface area contributed by atoms with Crippen LogP contribution in [0.3, 0.4) is 0 Å². The predicted octanol–water partition coefficient (Wildman–Crippen LogP) is 13.6. The molecule has 11 nitrogen and oxygen atoms in total. The van der Waals surface area contributed by atoms with Gasteiger partial charge in [0.1, 0.15) is 0 Å². The number of fused-ring (bicyclic) bond motifs is 8. The maximum Gasteiger partial charge on any atom is 0.358 e. The largest absolute Gasteiger partial charge is 0.461 e. The molecule has 0 aliphatic carbocycles. The molecule has 2 aliphatic heterocycles. The lowest BCUT2D eigenvalue weighted by molar-refractivity contribution is -0.384. The molecular weight excluding hydrogens is 847 g/mol. The molecule has 0 fully saturated rings. The monoisotopic (exact) mass is 887 g/mol. The summed E-state index contributed by atoms with van der Waals surface area (Å²) in [5, 5.41) is 17.1. The first kappa shape index (κ1) is 41.5. The molecule has 0 spiro atoms. The quantitative estimate of drug-likeness (QED) is 0.0834. The zero-order chi connectivity index (χ0) is 46.3. The third-order valence-electron chi connectivity index (χ3n) is 12.2. The summed E-state index contributed by atoms with van der Waals surface area (Å²) in [7, 11) is 0. The first-order chi connectivity index (χ1) is 33.3. The van der Waals surface area contributed by atoms with Crippen molar-refractivity contribution in [1.82, 2.24) is 29.7 Å². The van der Waals surface area contributed by atoms with E-state index in [1.54, 1.807) is 23.7 Å². The molecule has 0 atom stereocenters. The Morgan fingerprint density at radius 3 is 1.54 bits per heavy atom. The molecule has 4 aromatic heterocycles. The summed E-state index contributed by atoms with van der Waals surface area (Å²) >= 11 is 0. The molecule has 0 radical (unpaired) electrons. The van der Waals surface area contributed by atoms with Gasteiger partial charge in [0.25, 0.3) is 5.69 Å². The normalized spacial score (nSPS) is 11.8. The lowest BCUT2D eigenvalue weighted by atomic mass is 10.00. The van der Waals surface area contributed by atoms with Gasteiger partial charge in [-0.3, -0.25) is 10.1 Å². The van der Waals surface area contributed by atoms with E-state index in [9.17, 15) is 14.9 Å². The second kappa shape index (κ2) is 17.3. The number of carbonyl (C=O) groups is 1. The van der Waals surface area contributed by atoms with Gasteiger partial charge in [-0.05, 0) is 90.2 Å². The van der Waals surface area contributed by atoms with Crippen molar-refractivity contribution in [3.63, 3.8) is 0 Å². The molecule has 8 bridgehead atoms. The van der Waals surface area contributed by atoms with Crippen LogP contribution in [0.5, 0.6) is 0 Å². The number of nitro groups is 1. The Kier molecular flexibility index (Phi) is 10.6. The molecule has 0 unspecified atom stereocenters. The van der Waals surface area contributed by atoms with Crippen molar-refractivity contribution < 1.29 is 14.5 Å². The molecule has 9 aromatic rings. The Balaban J connectivity index is 1.36. The zero-order valence-electron chi connectivity index (χ0n) is 37.0. The van der Waals surface area contributed by atoms with E-state index in [-0.39, 0.29) is 18.0 Å². The second-order valence-electron chi connectivity index (χ2n) is 16.4. The van der Waals surface area contributed by atoms with E-state index in [4.69, 9.17) is 19.8 Å². The van der Waals surface area contributed by atoms with Crippen LogP contribution in [0.2, 0.25) is 0 Å². The summed E-state index contributed by atoms with van der Waals surface area (Å²) in [5.74, 6) is -0.625. The Hall–Kier alpha value is -9.22. The molecule has 68 heavy (non-hydrogen) atoms. The molecule has 328 valence electrons. The number of rotatable bonds is 9. The summed E-state index contributed by atoms with van der Waals surface area (Å²) in [5.41, 5.74) is 15.5. The van der Waals surface area contributed by atoms with Crippen molar-refractivity contribution in [3.05, 3.63) is 208 Å². The minimum atomic E-state index is -0.625. The van der Waals surface area contributed by atoms with Gasteiger partial charge in [0, 0.05) is 56.5 Å². The third-order valence-corrected chi connectivity index (χ3v) is 12.2. The van der Waals surface area contributed by atoms with Crippen LogP contribution in [-0.2, 0) is 4.74 Å². The highest BCUT2D eigenvalue weighted by Gasteiger charge is 2.26. The van der Waals surface area contributed by atoms with E-state index in [2.05, 4.69) is 64.6 Å². The van der Waals surface area contributed by atoms with Crippen LogP contribution in [-0.4, -0.2) is 47.2 Å². The number of hydrogen-bond donors (Lipinski definition) is 2. The molecule has 2 aliphatic rings. The number of nitrogens with one attached hydrogen (secondary N) is 2. The van der Waals surface area contributed by atoms with E-state index >= 15 is 0 Å². The molecule has 5 aromatic carbocycles. The summed E-state index contributed by atoms with van der Waals surface area (Å²) in [6.45, 7) is 3.72. The Labute approximate surface area is 390 Å². The van der Waals surface area contributed by atoms with Gasteiger partial charge in [-0.2, -0.15) is 5.10 Å². The Bertz CT molecular complexity index is 3680. The van der Waals surface area contributed by atoms with Crippen LogP contribution < -0.4 is 0 Å². The van der Waals surface area contributed by atoms with Crippen molar-refractivity contribution in [3.8, 4) is 61.5 Å². The van der Waals surface area contributed by atoms with Crippen molar-refractivity contribution in [1.29, 1.82) is 0 Å². The molecule has 0 amide bonds. The maximum atomic E-state index is 13.6. The number of esters is 1. The van der Waals surface area contributed by atoms with Gasteiger partial charge in [0.15, 0.2) is 5.69 Å². The van der Waals surface area contributed by atoms with Gasteiger partial charge in [0.05, 0.1) is 51.2 Å². The number of nitrogens with zero attached hydrogens (tertiary/aromatic N) is 5.